The number of aromatic nitrogens is 3. The van der Waals surface area contributed by atoms with E-state index >= 15 is 0 Å². The summed E-state index contributed by atoms with van der Waals surface area (Å²) in [6.07, 6.45) is 1.75. The van der Waals surface area contributed by atoms with Crippen LogP contribution in [0.3, 0.4) is 0 Å². The number of anilines is 3. The van der Waals surface area contributed by atoms with Gasteiger partial charge in [0, 0.05) is 45.0 Å². The van der Waals surface area contributed by atoms with E-state index in [0.29, 0.717) is 0 Å². The lowest BCUT2D eigenvalue weighted by molar-refractivity contribution is 0.583. The van der Waals surface area contributed by atoms with Crippen molar-refractivity contribution in [2.75, 3.05) is 4.90 Å². The van der Waals surface area contributed by atoms with E-state index in [0.717, 1.165) is 56.3 Å². The summed E-state index contributed by atoms with van der Waals surface area (Å²) in [6.45, 7) is 21.0. The fourth-order valence-electron chi connectivity index (χ4n) is 7.52. The number of nitrogens with zero attached hydrogens (tertiary/aromatic N) is 4. The maximum absolute atomic E-state index is 5.54. The summed E-state index contributed by atoms with van der Waals surface area (Å²) in [7, 11) is 0. The lowest BCUT2D eigenvalue weighted by Gasteiger charge is -2.27. The Balaban J connectivity index is 0.00000155. The van der Waals surface area contributed by atoms with E-state index in [2.05, 4.69) is 216 Å². The molecule has 0 saturated heterocycles. The molecule has 6 aromatic carbocycles. The van der Waals surface area contributed by atoms with Crippen molar-refractivity contribution in [3.05, 3.63) is 181 Å². The fraction of sp³-hybridized carbons (Fsp3) is 0.192. The van der Waals surface area contributed by atoms with Gasteiger partial charge in [-0.05, 0) is 96.5 Å². The van der Waals surface area contributed by atoms with Gasteiger partial charge in [-0.2, -0.15) is 0 Å². The summed E-state index contributed by atoms with van der Waals surface area (Å²) in [6, 6.07) is 54.0. The average molecular weight is 733 g/mol. The number of fused-ring (bicyclic) bond motifs is 2. The Kier molecular flexibility index (Phi) is 10.5. The molecule has 0 bridgehead atoms. The molecule has 0 radical (unpaired) electrons. The molecule has 0 atom stereocenters. The molecule has 0 fully saturated rings. The Morgan fingerprint density at radius 3 is 1.48 bits per heavy atom. The molecule has 0 N–H and O–H groups in total. The number of hydrogen-bond acceptors (Lipinski definition) is 3. The molecule has 8 rings (SSSR count). The molecular formula is C52H52N4. The van der Waals surface area contributed by atoms with Crippen LogP contribution in [-0.2, 0) is 10.8 Å². The highest BCUT2D eigenvalue weighted by Crippen LogP contribution is 2.41. The zero-order chi connectivity index (χ0) is 39.6. The van der Waals surface area contributed by atoms with Gasteiger partial charge in [0.1, 0.15) is 0 Å². The maximum Gasteiger partial charge on any atom is 0.0973 e. The zero-order valence-corrected chi connectivity index (χ0v) is 34.0. The smallest absolute Gasteiger partial charge is 0.0973 e. The van der Waals surface area contributed by atoms with E-state index < -0.39 is 0 Å². The monoisotopic (exact) mass is 732 g/mol. The summed E-state index contributed by atoms with van der Waals surface area (Å²) in [4.78, 5) is 13.3. The van der Waals surface area contributed by atoms with Crippen molar-refractivity contribution in [1.82, 2.24) is 14.5 Å². The van der Waals surface area contributed by atoms with Crippen LogP contribution >= 0.6 is 0 Å². The Bertz CT molecular complexity index is 2600. The van der Waals surface area contributed by atoms with Crippen LogP contribution < -0.4 is 4.90 Å². The van der Waals surface area contributed by atoms with E-state index in [1.807, 2.05) is 6.92 Å². The summed E-state index contributed by atoms with van der Waals surface area (Å²) in [5, 5.41) is 1.25. The van der Waals surface area contributed by atoms with Crippen molar-refractivity contribution in [2.24, 2.45) is 0 Å². The Morgan fingerprint density at radius 1 is 0.536 bits per heavy atom. The van der Waals surface area contributed by atoms with Gasteiger partial charge in [-0.25, -0.2) is 9.97 Å². The average Bonchev–Trinajstić information content (AvgIpc) is 3.53. The topological polar surface area (TPSA) is 34.0 Å². The molecule has 0 saturated carbocycles. The van der Waals surface area contributed by atoms with Gasteiger partial charge >= 0.3 is 0 Å². The molecule has 4 heteroatoms. The van der Waals surface area contributed by atoms with E-state index in [4.69, 9.17) is 9.97 Å². The number of benzene rings is 6. The van der Waals surface area contributed by atoms with Gasteiger partial charge in [-0.3, -0.25) is 0 Å². The molecule has 0 unspecified atom stereocenters. The van der Waals surface area contributed by atoms with Gasteiger partial charge in [0.25, 0.3) is 0 Å². The third kappa shape index (κ3) is 7.52. The van der Waals surface area contributed by atoms with Crippen LogP contribution in [0.1, 0.15) is 65.3 Å². The molecule has 4 nitrogen and oxygen atoms in total. The lowest BCUT2D eigenvalue weighted by Crippen LogP contribution is -2.17. The van der Waals surface area contributed by atoms with Gasteiger partial charge in [-0.15, -0.1) is 6.58 Å². The first-order valence-corrected chi connectivity index (χ1v) is 19.5. The second-order valence-corrected chi connectivity index (χ2v) is 16.5. The van der Waals surface area contributed by atoms with Crippen LogP contribution in [0.2, 0.25) is 0 Å². The molecule has 0 aliphatic rings. The molecule has 8 aromatic rings. The summed E-state index contributed by atoms with van der Waals surface area (Å²) in [5.41, 5.74) is 14.8. The molecule has 2 heterocycles. The highest BCUT2D eigenvalue weighted by atomic mass is 15.1. The van der Waals surface area contributed by atoms with Crippen LogP contribution in [0.4, 0.5) is 17.1 Å². The molecule has 2 aromatic heterocycles. The van der Waals surface area contributed by atoms with Crippen molar-refractivity contribution < 1.29 is 0 Å². The van der Waals surface area contributed by atoms with E-state index in [-0.39, 0.29) is 10.8 Å². The molecule has 0 amide bonds. The summed E-state index contributed by atoms with van der Waals surface area (Å²) in [5.74, 6) is 0. The number of hydrogen-bond donors (Lipinski definition) is 0. The molecule has 56 heavy (non-hydrogen) atoms. The van der Waals surface area contributed by atoms with E-state index in [1.165, 1.54) is 27.7 Å². The molecular weight excluding hydrogens is 681 g/mol. The predicted octanol–water partition coefficient (Wildman–Crippen LogP) is 14.5. The minimum Gasteiger partial charge on any atom is -0.314 e. The number of allylic oxidation sites excluding steroid dienone is 1. The SMILES string of the molecule is C=CC.Cc1cc2ccccc2n1-c1ccc(N(c2ccccc2)c2ccc(-c3nc4c(C(C)(C)C)ccc(C(C)(C)C)c4nc3-c3ccccc3)cc2)cc1. The van der Waals surface area contributed by atoms with Crippen LogP contribution in [0.5, 0.6) is 0 Å². The standard InChI is InChI=1S/C49H46N4.C3H6/c1-33-32-36-18-14-15-21-43(36)52(33)38-26-28-40(29-27-38)53(37-19-12-9-13-20-37)39-24-22-35(23-25-39)45-44(34-16-10-8-11-17-34)50-46-41(48(2,3)4)30-31-42(47(46)51-45)49(5,6)7;1-3-2/h8-32H,1-7H3;3H,1H2,2H3. The van der Waals surface area contributed by atoms with Crippen LogP contribution in [-0.4, -0.2) is 14.5 Å². The Labute approximate surface area is 332 Å². The third-order valence-electron chi connectivity index (χ3n) is 10.2. The number of aryl methyl sites for hydroxylation is 1. The van der Waals surface area contributed by atoms with Crippen LogP contribution in [0.15, 0.2) is 164 Å². The minimum atomic E-state index is -0.0996. The van der Waals surface area contributed by atoms with Crippen LogP contribution in [0.25, 0.3) is 50.1 Å². The first kappa shape index (κ1) is 38.0. The lowest BCUT2D eigenvalue weighted by atomic mass is 9.80. The molecule has 280 valence electrons. The van der Waals surface area contributed by atoms with Crippen molar-refractivity contribution in [3.8, 4) is 28.2 Å². The van der Waals surface area contributed by atoms with Gasteiger partial charge in [-0.1, -0.05) is 139 Å². The second-order valence-electron chi connectivity index (χ2n) is 16.5. The van der Waals surface area contributed by atoms with Crippen molar-refractivity contribution in [3.63, 3.8) is 0 Å². The van der Waals surface area contributed by atoms with Crippen LogP contribution in [0, 0.1) is 6.92 Å². The minimum absolute atomic E-state index is 0.0892. The summed E-state index contributed by atoms with van der Waals surface area (Å²) < 4.78 is 2.32. The normalized spacial score (nSPS) is 11.6. The molecule has 0 aliphatic carbocycles. The highest BCUT2D eigenvalue weighted by molar-refractivity contribution is 5.91. The van der Waals surface area contributed by atoms with E-state index in [9.17, 15) is 0 Å². The first-order valence-electron chi connectivity index (χ1n) is 19.5. The van der Waals surface area contributed by atoms with E-state index in [1.54, 1.807) is 6.08 Å². The maximum atomic E-state index is 5.54. The van der Waals surface area contributed by atoms with Gasteiger partial charge in [0.2, 0.25) is 0 Å². The largest absolute Gasteiger partial charge is 0.314 e. The first-order chi connectivity index (χ1) is 26.9. The van der Waals surface area contributed by atoms with Crippen molar-refractivity contribution in [2.45, 2.75) is 66.2 Å². The predicted molar refractivity (Wildman–Crippen MR) is 240 cm³/mol. The molecule has 0 aliphatic heterocycles. The van der Waals surface area contributed by atoms with Gasteiger partial charge < -0.3 is 9.47 Å². The van der Waals surface area contributed by atoms with Gasteiger partial charge in [0.15, 0.2) is 0 Å². The Morgan fingerprint density at radius 2 is 0.964 bits per heavy atom. The zero-order valence-electron chi connectivity index (χ0n) is 34.0. The van der Waals surface area contributed by atoms with Crippen molar-refractivity contribution >= 4 is 39.0 Å². The van der Waals surface area contributed by atoms with Gasteiger partial charge in [0.05, 0.1) is 27.9 Å². The Hall–Kier alpha value is -6.26. The number of para-hydroxylation sites is 2. The molecule has 0 spiro atoms. The van der Waals surface area contributed by atoms with Crippen molar-refractivity contribution in [1.29, 1.82) is 0 Å². The quantitative estimate of drug-likeness (QED) is 0.160. The highest BCUT2D eigenvalue weighted by Gasteiger charge is 2.27. The second kappa shape index (κ2) is 15.5. The number of rotatable bonds is 6. The fourth-order valence-corrected chi connectivity index (χ4v) is 7.52. The third-order valence-corrected chi connectivity index (χ3v) is 10.2. The summed E-state index contributed by atoms with van der Waals surface area (Å²) >= 11 is 0.